The predicted molar refractivity (Wildman–Crippen MR) is 82.8 cm³/mol. The average molecular weight is 289 g/mol. The van der Waals surface area contributed by atoms with Gasteiger partial charge in [-0.15, -0.1) is 0 Å². The molecule has 0 amide bonds. The summed E-state index contributed by atoms with van der Waals surface area (Å²) < 4.78 is 5.04. The summed E-state index contributed by atoms with van der Waals surface area (Å²) in [6.45, 7) is 8.16. The molecule has 0 aromatic heterocycles. The van der Waals surface area contributed by atoms with E-state index in [1.807, 2.05) is 18.7 Å². The number of nitrogens with one attached hydrogen (secondary N) is 2. The lowest BCUT2D eigenvalue weighted by atomic mass is 10.2. The third-order valence-corrected chi connectivity index (χ3v) is 3.86. The summed E-state index contributed by atoms with van der Waals surface area (Å²) in [6.07, 6.45) is 3.27. The van der Waals surface area contributed by atoms with E-state index in [1.54, 1.807) is 7.05 Å². The minimum absolute atomic E-state index is 0.143. The summed E-state index contributed by atoms with van der Waals surface area (Å²) in [7, 11) is 1.74. The third-order valence-electron chi connectivity index (χ3n) is 2.61. The number of hydrogen-bond donors (Lipinski definition) is 2. The van der Waals surface area contributed by atoms with Crippen LogP contribution in [-0.2, 0) is 9.53 Å². The van der Waals surface area contributed by atoms with Crippen LogP contribution in [0.1, 0.15) is 33.6 Å². The van der Waals surface area contributed by atoms with Crippen molar-refractivity contribution >= 4 is 23.7 Å². The molecule has 0 aliphatic rings. The van der Waals surface area contributed by atoms with Crippen LogP contribution in [0.3, 0.4) is 0 Å². The van der Waals surface area contributed by atoms with Crippen molar-refractivity contribution < 1.29 is 9.53 Å². The molecule has 0 saturated heterocycles. The normalized spacial score (nSPS) is 12.2. The summed E-state index contributed by atoms with van der Waals surface area (Å²) in [6, 6.07) is 0. The Balaban J connectivity index is 3.81. The SMILES string of the molecule is CCOC(=O)CCCNC(=NC)NCC(C)(C)SC. The minimum atomic E-state index is -0.143. The van der Waals surface area contributed by atoms with Gasteiger partial charge in [0.2, 0.25) is 0 Å². The highest BCUT2D eigenvalue weighted by molar-refractivity contribution is 7.99. The molecule has 0 fully saturated rings. The second kappa shape index (κ2) is 9.95. The van der Waals surface area contributed by atoms with Crippen LogP contribution in [0, 0.1) is 0 Å². The zero-order valence-electron chi connectivity index (χ0n) is 12.7. The van der Waals surface area contributed by atoms with Crippen LogP contribution in [-0.4, -0.2) is 49.7 Å². The summed E-state index contributed by atoms with van der Waals surface area (Å²) in [5, 5.41) is 6.46. The fourth-order valence-electron chi connectivity index (χ4n) is 1.26. The summed E-state index contributed by atoms with van der Waals surface area (Å²) in [4.78, 5) is 15.3. The molecule has 0 aliphatic carbocycles. The van der Waals surface area contributed by atoms with Gasteiger partial charge in [-0.3, -0.25) is 9.79 Å². The monoisotopic (exact) mass is 289 g/mol. The number of rotatable bonds is 8. The van der Waals surface area contributed by atoms with Gasteiger partial charge in [0, 0.05) is 31.3 Å². The molecule has 0 unspecified atom stereocenters. The van der Waals surface area contributed by atoms with Crippen LogP contribution in [0.4, 0.5) is 0 Å². The lowest BCUT2D eigenvalue weighted by Crippen LogP contribution is -2.43. The van der Waals surface area contributed by atoms with Crippen molar-refractivity contribution in [3.8, 4) is 0 Å². The summed E-state index contributed by atoms with van der Waals surface area (Å²) >= 11 is 1.81. The lowest BCUT2D eigenvalue weighted by Gasteiger charge is -2.23. The second-order valence-electron chi connectivity index (χ2n) is 4.72. The highest BCUT2D eigenvalue weighted by Gasteiger charge is 2.15. The predicted octanol–water partition coefficient (Wildman–Crippen LogP) is 1.64. The van der Waals surface area contributed by atoms with E-state index in [-0.39, 0.29) is 10.7 Å². The Kier molecular flexibility index (Phi) is 9.47. The first kappa shape index (κ1) is 18.1. The van der Waals surface area contributed by atoms with Gasteiger partial charge in [0.25, 0.3) is 0 Å². The van der Waals surface area contributed by atoms with Crippen LogP contribution in [0.5, 0.6) is 0 Å². The van der Waals surface area contributed by atoms with Crippen LogP contribution in [0.15, 0.2) is 4.99 Å². The van der Waals surface area contributed by atoms with E-state index in [0.29, 0.717) is 19.6 Å². The van der Waals surface area contributed by atoms with E-state index < -0.39 is 0 Å². The number of ether oxygens (including phenoxy) is 1. The number of hydrogen-bond acceptors (Lipinski definition) is 4. The summed E-state index contributed by atoms with van der Waals surface area (Å²) in [5.41, 5.74) is 0. The molecule has 0 bridgehead atoms. The Morgan fingerprint density at radius 3 is 2.58 bits per heavy atom. The fourth-order valence-corrected chi connectivity index (χ4v) is 1.48. The van der Waals surface area contributed by atoms with Gasteiger partial charge in [-0.2, -0.15) is 11.8 Å². The Bertz CT molecular complexity index is 294. The van der Waals surface area contributed by atoms with Crippen molar-refractivity contribution in [3.63, 3.8) is 0 Å². The van der Waals surface area contributed by atoms with Gasteiger partial charge >= 0.3 is 5.97 Å². The van der Waals surface area contributed by atoms with E-state index in [4.69, 9.17) is 4.74 Å². The zero-order valence-corrected chi connectivity index (χ0v) is 13.5. The van der Waals surface area contributed by atoms with E-state index in [2.05, 4.69) is 35.7 Å². The molecule has 2 N–H and O–H groups in total. The maximum Gasteiger partial charge on any atom is 0.305 e. The number of aliphatic imine (C=N–C) groups is 1. The largest absolute Gasteiger partial charge is 0.466 e. The van der Waals surface area contributed by atoms with E-state index in [9.17, 15) is 4.79 Å². The molecular weight excluding hydrogens is 262 g/mol. The van der Waals surface area contributed by atoms with Crippen molar-refractivity contribution in [3.05, 3.63) is 0 Å². The number of nitrogens with zero attached hydrogens (tertiary/aromatic N) is 1. The zero-order chi connectivity index (χ0) is 14.7. The van der Waals surface area contributed by atoms with Crippen molar-refractivity contribution in [1.29, 1.82) is 0 Å². The highest BCUT2D eigenvalue weighted by Crippen LogP contribution is 2.19. The molecule has 0 spiro atoms. The van der Waals surface area contributed by atoms with Gasteiger partial charge in [0.15, 0.2) is 5.96 Å². The second-order valence-corrected chi connectivity index (χ2v) is 6.24. The Hall–Kier alpha value is -0.910. The van der Waals surface area contributed by atoms with E-state index in [1.165, 1.54) is 0 Å². The maximum absolute atomic E-state index is 11.2. The van der Waals surface area contributed by atoms with Gasteiger partial charge < -0.3 is 15.4 Å². The number of carbonyl (C=O) groups excluding carboxylic acids is 1. The molecule has 0 rings (SSSR count). The van der Waals surface area contributed by atoms with Crippen molar-refractivity contribution in [2.24, 2.45) is 4.99 Å². The molecule has 0 aromatic carbocycles. The standard InChI is InChI=1S/C13H27N3O2S/c1-6-18-11(17)8-7-9-15-12(14-4)16-10-13(2,3)19-5/h6-10H2,1-5H3,(H2,14,15,16). The van der Waals surface area contributed by atoms with Gasteiger partial charge in [0.05, 0.1) is 6.61 Å². The van der Waals surface area contributed by atoms with Crippen LogP contribution < -0.4 is 10.6 Å². The molecule has 0 aliphatic heterocycles. The Morgan fingerprint density at radius 2 is 2.05 bits per heavy atom. The van der Waals surface area contributed by atoms with Gasteiger partial charge in [-0.1, -0.05) is 0 Å². The lowest BCUT2D eigenvalue weighted by molar-refractivity contribution is -0.143. The first-order valence-corrected chi connectivity index (χ1v) is 7.83. The molecule has 19 heavy (non-hydrogen) atoms. The van der Waals surface area contributed by atoms with Crippen LogP contribution >= 0.6 is 11.8 Å². The third kappa shape index (κ3) is 9.64. The van der Waals surface area contributed by atoms with Crippen molar-refractivity contribution in [2.45, 2.75) is 38.4 Å². The molecule has 6 heteroatoms. The molecule has 0 heterocycles. The first-order chi connectivity index (χ1) is 8.95. The molecule has 0 atom stereocenters. The minimum Gasteiger partial charge on any atom is -0.466 e. The Morgan fingerprint density at radius 1 is 1.37 bits per heavy atom. The Labute approximate surface area is 121 Å². The average Bonchev–Trinajstić information content (AvgIpc) is 2.38. The number of thioether (sulfide) groups is 1. The highest BCUT2D eigenvalue weighted by atomic mass is 32.2. The van der Waals surface area contributed by atoms with E-state index >= 15 is 0 Å². The number of carbonyl (C=O) groups is 1. The van der Waals surface area contributed by atoms with Gasteiger partial charge in [-0.25, -0.2) is 0 Å². The molecule has 0 aromatic rings. The molecule has 0 saturated carbocycles. The number of guanidine groups is 1. The van der Waals surface area contributed by atoms with Crippen LogP contribution in [0.2, 0.25) is 0 Å². The number of esters is 1. The quantitative estimate of drug-likeness (QED) is 0.308. The fraction of sp³-hybridized carbons (Fsp3) is 0.846. The first-order valence-electron chi connectivity index (χ1n) is 6.60. The smallest absolute Gasteiger partial charge is 0.305 e. The summed E-state index contributed by atoms with van der Waals surface area (Å²) in [5.74, 6) is 0.627. The van der Waals surface area contributed by atoms with Crippen LogP contribution in [0.25, 0.3) is 0 Å². The van der Waals surface area contributed by atoms with Crippen molar-refractivity contribution in [1.82, 2.24) is 10.6 Å². The van der Waals surface area contributed by atoms with Gasteiger partial charge in [0.1, 0.15) is 0 Å². The maximum atomic E-state index is 11.2. The van der Waals surface area contributed by atoms with E-state index in [0.717, 1.165) is 18.9 Å². The molecule has 112 valence electrons. The van der Waals surface area contributed by atoms with Crippen molar-refractivity contribution in [2.75, 3.05) is 33.0 Å². The molecule has 0 radical (unpaired) electrons. The van der Waals surface area contributed by atoms with Gasteiger partial charge in [-0.05, 0) is 33.4 Å². The molecule has 5 nitrogen and oxygen atoms in total. The topological polar surface area (TPSA) is 62.7 Å². The molecular formula is C13H27N3O2S.